The van der Waals surface area contributed by atoms with Gasteiger partial charge in [-0.25, -0.2) is 0 Å². The third kappa shape index (κ3) is 4.52. The van der Waals surface area contributed by atoms with Crippen molar-refractivity contribution in [2.75, 3.05) is 0 Å². The first-order valence-corrected chi connectivity index (χ1v) is 6.12. The Hall–Kier alpha value is -0.490. The fourth-order valence-electron chi connectivity index (χ4n) is 1.69. The Morgan fingerprint density at radius 3 is 2.05 bits per heavy atom. The number of benzene rings is 1. The van der Waals surface area contributed by atoms with E-state index in [1.807, 2.05) is 0 Å². The van der Waals surface area contributed by atoms with Crippen LogP contribution in [0.15, 0.2) is 18.2 Å². The Morgan fingerprint density at radius 1 is 1.20 bits per heavy atom. The number of hydrogen-bond donors (Lipinski definition) is 2. The second kappa shape index (κ2) is 6.52. The van der Waals surface area contributed by atoms with Gasteiger partial charge in [0.05, 0.1) is 22.7 Å². The molecule has 1 aromatic rings. The Kier molecular flexibility index (Phi) is 6.36. The second-order valence-corrected chi connectivity index (χ2v) is 5.98. The standard InChI is InChI=1S/C13H17ClF3NO.ClH/c1-12(2,3)11(19)10(18)7-4-5-8(9(14)6-7)13(15,16)17;/h4-6,10-11,19H,18H2,1-3H3;1H/t10-,11-;/m1./s1. The summed E-state index contributed by atoms with van der Waals surface area (Å²) in [5.41, 5.74) is 4.85. The van der Waals surface area contributed by atoms with E-state index in [0.717, 1.165) is 12.1 Å². The van der Waals surface area contributed by atoms with Gasteiger partial charge in [-0.2, -0.15) is 13.2 Å². The van der Waals surface area contributed by atoms with Crippen molar-refractivity contribution < 1.29 is 18.3 Å². The van der Waals surface area contributed by atoms with E-state index in [-0.39, 0.29) is 12.4 Å². The molecule has 0 heterocycles. The SMILES string of the molecule is CC(C)(C)[C@H](O)[C@H](N)c1ccc(C(F)(F)F)c(Cl)c1.Cl. The topological polar surface area (TPSA) is 46.2 Å². The fraction of sp³-hybridized carbons (Fsp3) is 0.538. The van der Waals surface area contributed by atoms with Gasteiger partial charge in [0.1, 0.15) is 0 Å². The number of halogens is 5. The van der Waals surface area contributed by atoms with E-state index in [1.165, 1.54) is 6.07 Å². The number of aliphatic hydroxyl groups is 1. The second-order valence-electron chi connectivity index (χ2n) is 5.57. The van der Waals surface area contributed by atoms with Crippen LogP contribution in [0.2, 0.25) is 5.02 Å². The fourth-order valence-corrected chi connectivity index (χ4v) is 1.99. The van der Waals surface area contributed by atoms with Crippen molar-refractivity contribution in [1.82, 2.24) is 0 Å². The van der Waals surface area contributed by atoms with Gasteiger partial charge in [-0.15, -0.1) is 12.4 Å². The van der Waals surface area contributed by atoms with Crippen molar-refractivity contribution in [3.8, 4) is 0 Å². The van der Waals surface area contributed by atoms with Gasteiger partial charge in [0.25, 0.3) is 0 Å². The van der Waals surface area contributed by atoms with Crippen molar-refractivity contribution in [3.63, 3.8) is 0 Å². The van der Waals surface area contributed by atoms with Gasteiger partial charge < -0.3 is 10.8 Å². The molecule has 0 saturated carbocycles. The molecule has 0 radical (unpaired) electrons. The average Bonchev–Trinajstić information content (AvgIpc) is 2.23. The van der Waals surface area contributed by atoms with Crippen LogP contribution in [0.4, 0.5) is 13.2 Å². The first kappa shape index (κ1) is 19.5. The lowest BCUT2D eigenvalue weighted by atomic mass is 9.82. The molecule has 1 rings (SSSR count). The maximum atomic E-state index is 12.6. The van der Waals surface area contributed by atoms with Gasteiger partial charge in [0.2, 0.25) is 0 Å². The summed E-state index contributed by atoms with van der Waals surface area (Å²) in [6.07, 6.45) is -5.39. The van der Waals surface area contributed by atoms with Gasteiger partial charge in [-0.05, 0) is 23.1 Å². The molecule has 0 spiro atoms. The largest absolute Gasteiger partial charge is 0.417 e. The quantitative estimate of drug-likeness (QED) is 0.853. The van der Waals surface area contributed by atoms with Crippen LogP contribution in [0.1, 0.15) is 37.9 Å². The molecule has 2 nitrogen and oxygen atoms in total. The normalized spacial score (nSPS) is 15.4. The van der Waals surface area contributed by atoms with Crippen molar-refractivity contribution in [1.29, 1.82) is 0 Å². The summed E-state index contributed by atoms with van der Waals surface area (Å²) in [6, 6.07) is 2.49. The molecule has 116 valence electrons. The van der Waals surface area contributed by atoms with Crippen LogP contribution in [-0.2, 0) is 6.18 Å². The van der Waals surface area contributed by atoms with Crippen molar-refractivity contribution in [3.05, 3.63) is 34.3 Å². The summed E-state index contributed by atoms with van der Waals surface area (Å²) in [5.74, 6) is 0. The summed E-state index contributed by atoms with van der Waals surface area (Å²) in [6.45, 7) is 5.38. The highest BCUT2D eigenvalue weighted by molar-refractivity contribution is 6.31. The van der Waals surface area contributed by atoms with Crippen LogP contribution in [0.5, 0.6) is 0 Å². The van der Waals surface area contributed by atoms with Gasteiger partial charge in [0.15, 0.2) is 0 Å². The lowest BCUT2D eigenvalue weighted by Crippen LogP contribution is -2.37. The smallest absolute Gasteiger partial charge is 0.391 e. The molecule has 0 saturated heterocycles. The Labute approximate surface area is 127 Å². The van der Waals surface area contributed by atoms with Crippen molar-refractivity contribution in [2.45, 2.75) is 39.1 Å². The number of nitrogens with two attached hydrogens (primary N) is 1. The lowest BCUT2D eigenvalue weighted by molar-refractivity contribution is -0.137. The molecule has 0 aliphatic rings. The van der Waals surface area contributed by atoms with Gasteiger partial charge in [-0.3, -0.25) is 0 Å². The predicted octanol–water partition coefficient (Wildman–Crippen LogP) is 4.19. The highest BCUT2D eigenvalue weighted by Gasteiger charge is 2.34. The van der Waals surface area contributed by atoms with E-state index in [1.54, 1.807) is 20.8 Å². The number of aliphatic hydroxyl groups excluding tert-OH is 1. The number of alkyl halides is 3. The van der Waals surface area contributed by atoms with Crippen LogP contribution in [0, 0.1) is 5.41 Å². The first-order chi connectivity index (χ1) is 8.44. The van der Waals surface area contributed by atoms with Crippen LogP contribution < -0.4 is 5.73 Å². The molecular weight excluding hydrogens is 314 g/mol. The van der Waals surface area contributed by atoms with E-state index >= 15 is 0 Å². The Bertz CT molecular complexity index is 458. The highest BCUT2D eigenvalue weighted by atomic mass is 35.5. The van der Waals surface area contributed by atoms with Gasteiger partial charge >= 0.3 is 6.18 Å². The molecule has 0 aliphatic heterocycles. The maximum absolute atomic E-state index is 12.6. The average molecular weight is 332 g/mol. The highest BCUT2D eigenvalue weighted by Crippen LogP contribution is 2.37. The number of rotatable bonds is 2. The minimum Gasteiger partial charge on any atom is -0.391 e. The predicted molar refractivity (Wildman–Crippen MR) is 76.1 cm³/mol. The molecule has 20 heavy (non-hydrogen) atoms. The molecule has 0 bridgehead atoms. The maximum Gasteiger partial charge on any atom is 0.417 e. The van der Waals surface area contributed by atoms with Gasteiger partial charge in [-0.1, -0.05) is 38.4 Å². The molecule has 0 aromatic heterocycles. The summed E-state index contributed by atoms with van der Waals surface area (Å²) >= 11 is 5.62. The third-order valence-electron chi connectivity index (χ3n) is 2.91. The zero-order chi connectivity index (χ0) is 15.0. The first-order valence-electron chi connectivity index (χ1n) is 5.75. The molecular formula is C13H18Cl2F3NO. The van der Waals surface area contributed by atoms with Crippen LogP contribution in [0.3, 0.4) is 0 Å². The zero-order valence-corrected chi connectivity index (χ0v) is 12.9. The molecule has 0 unspecified atom stereocenters. The van der Waals surface area contributed by atoms with Crippen molar-refractivity contribution in [2.24, 2.45) is 11.1 Å². The van der Waals surface area contributed by atoms with E-state index in [2.05, 4.69) is 0 Å². The molecule has 0 aliphatic carbocycles. The van der Waals surface area contributed by atoms with Crippen LogP contribution in [-0.4, -0.2) is 11.2 Å². The molecule has 0 fully saturated rings. The summed E-state index contributed by atoms with van der Waals surface area (Å²) in [5, 5.41) is 9.62. The minimum absolute atomic E-state index is 0. The summed E-state index contributed by atoms with van der Waals surface area (Å²) in [4.78, 5) is 0. The third-order valence-corrected chi connectivity index (χ3v) is 3.22. The van der Waals surface area contributed by atoms with Crippen molar-refractivity contribution >= 4 is 24.0 Å². The zero-order valence-electron chi connectivity index (χ0n) is 11.3. The van der Waals surface area contributed by atoms with Crippen LogP contribution in [0.25, 0.3) is 0 Å². The van der Waals surface area contributed by atoms with Gasteiger partial charge in [0, 0.05) is 0 Å². The number of hydrogen-bond acceptors (Lipinski definition) is 2. The lowest BCUT2D eigenvalue weighted by Gasteiger charge is -2.31. The molecule has 7 heteroatoms. The van der Waals surface area contributed by atoms with E-state index in [4.69, 9.17) is 17.3 Å². The monoisotopic (exact) mass is 331 g/mol. The summed E-state index contributed by atoms with van der Waals surface area (Å²) < 4.78 is 37.7. The van der Waals surface area contributed by atoms with E-state index < -0.39 is 34.3 Å². The molecule has 0 amide bonds. The molecule has 2 atom stereocenters. The minimum atomic E-state index is -4.50. The van der Waals surface area contributed by atoms with E-state index in [9.17, 15) is 18.3 Å². The van der Waals surface area contributed by atoms with Crippen LogP contribution >= 0.6 is 24.0 Å². The van der Waals surface area contributed by atoms with E-state index in [0.29, 0.717) is 5.56 Å². The molecule has 1 aromatic carbocycles. The Morgan fingerprint density at radius 2 is 1.70 bits per heavy atom. The summed E-state index contributed by atoms with van der Waals surface area (Å²) in [7, 11) is 0. The Balaban J connectivity index is 0.00000361. The molecule has 3 N–H and O–H groups in total.